The molecule has 722 valence electrons. The zero-order chi connectivity index (χ0) is 98.0. The average Bonchev–Trinajstić information content (AvgIpc) is 0.927. The normalized spacial score (nSPS) is 18.2. The molecule has 8 aliphatic heterocycles. The molecule has 42 heteroatoms. The lowest BCUT2D eigenvalue weighted by Gasteiger charge is -2.37. The number of hydrogen-bond acceptors (Lipinski definition) is 26. The Labute approximate surface area is 789 Å². The van der Waals surface area contributed by atoms with Crippen molar-refractivity contribution in [2.75, 3.05) is 169 Å². The lowest BCUT2D eigenvalue weighted by atomic mass is 9.94. The van der Waals surface area contributed by atoms with Gasteiger partial charge in [0, 0.05) is 195 Å². The molecule has 6 saturated heterocycles. The number of benzene rings is 6. The minimum atomic E-state index is -1.41. The first-order valence-corrected chi connectivity index (χ1v) is 46.9. The van der Waals surface area contributed by atoms with E-state index in [1.54, 1.807) is 43.4 Å². The van der Waals surface area contributed by atoms with Gasteiger partial charge in [0.05, 0.1) is 88.6 Å². The second-order valence-corrected chi connectivity index (χ2v) is 37.7. The molecule has 7 N–H and O–H groups in total. The Morgan fingerprint density at radius 1 is 0.522 bits per heavy atom. The van der Waals surface area contributed by atoms with E-state index in [9.17, 15) is 101 Å². The smallest absolute Gasteiger partial charge is 0.477 e. The zero-order valence-electron chi connectivity index (χ0n) is 75.5. The van der Waals surface area contributed by atoms with Gasteiger partial charge in [-0.05, 0) is 146 Å². The van der Waals surface area contributed by atoms with E-state index in [0.717, 1.165) is 94.6 Å². The van der Waals surface area contributed by atoms with Crippen LogP contribution in [0.1, 0.15) is 120 Å². The van der Waals surface area contributed by atoms with Crippen LogP contribution in [-0.4, -0.2) is 243 Å². The number of carbonyl (C=O) groups is 5. The number of carboxylic acids is 5. The zero-order valence-corrected chi connectivity index (χ0v) is 77.2. The molecule has 138 heavy (non-hydrogen) atoms. The molecule has 6 aromatic carbocycles. The van der Waals surface area contributed by atoms with Crippen LogP contribution in [0.15, 0.2) is 145 Å². The number of likely N-dealkylation sites (N-methyl/N-ethyl adjacent to an activating group) is 2. The number of aromatic carboxylic acids is 5. The topological polar surface area (TPSA) is 414 Å². The monoisotopic (exact) mass is 1940 g/mol. The van der Waals surface area contributed by atoms with Crippen molar-refractivity contribution in [2.24, 2.45) is 5.92 Å². The van der Waals surface area contributed by atoms with Gasteiger partial charge in [-0.3, -0.25) is 28.9 Å². The average molecular weight is 1940 g/mol. The number of nitriles is 1. The van der Waals surface area contributed by atoms with Crippen molar-refractivity contribution in [3.63, 3.8) is 0 Å². The molecule has 21 rings (SSSR count). The molecule has 1 saturated carbocycles. The molecular formula is C96H96F6N16O18S2. The molecule has 0 radical (unpaired) electrons. The fourth-order valence-electron chi connectivity index (χ4n) is 19.3. The second-order valence-electron chi connectivity index (χ2n) is 35.3. The molecule has 14 heterocycles. The Bertz CT molecular complexity index is 7400. The number of aromatic nitrogens is 5. The van der Waals surface area contributed by atoms with Gasteiger partial charge >= 0.3 is 35.7 Å². The molecule has 12 aromatic rings. The van der Waals surface area contributed by atoms with Crippen molar-refractivity contribution in [1.82, 2.24) is 48.2 Å². The summed E-state index contributed by atoms with van der Waals surface area (Å²) in [7, 11) is 4.06. The summed E-state index contributed by atoms with van der Waals surface area (Å²) in [6.45, 7) is 20.4. The van der Waals surface area contributed by atoms with Crippen LogP contribution in [0.4, 0.5) is 54.8 Å². The van der Waals surface area contributed by atoms with Gasteiger partial charge in [-0.1, -0.05) is 11.8 Å². The number of halogens is 6. The van der Waals surface area contributed by atoms with Gasteiger partial charge in [0.2, 0.25) is 27.1 Å². The van der Waals surface area contributed by atoms with Gasteiger partial charge in [0.15, 0.2) is 5.76 Å². The highest BCUT2D eigenvalue weighted by Gasteiger charge is 2.40. The molecule has 0 bridgehead atoms. The lowest BCUT2D eigenvalue weighted by Crippen LogP contribution is -2.46. The van der Waals surface area contributed by atoms with Gasteiger partial charge in [-0.15, -0.1) is 11.8 Å². The summed E-state index contributed by atoms with van der Waals surface area (Å²) in [5.41, 5.74) is -0.254. The summed E-state index contributed by atoms with van der Waals surface area (Å²) in [6, 6.07) is 18.4. The number of anilines is 5. The van der Waals surface area contributed by atoms with Crippen LogP contribution in [0.25, 0.3) is 60.2 Å². The van der Waals surface area contributed by atoms with Gasteiger partial charge in [-0.2, -0.15) is 5.26 Å². The molecule has 9 aliphatic rings. The quantitative estimate of drug-likeness (QED) is 0.0469. The third-order valence-electron chi connectivity index (χ3n) is 26.7. The van der Waals surface area contributed by atoms with Crippen LogP contribution in [-0.2, 0) is 19.6 Å². The highest BCUT2D eigenvalue weighted by molar-refractivity contribution is 8.00. The van der Waals surface area contributed by atoms with Gasteiger partial charge in [0.1, 0.15) is 80.1 Å². The highest BCUT2D eigenvalue weighted by Crippen LogP contribution is 2.48. The minimum Gasteiger partial charge on any atom is -0.477 e. The van der Waals surface area contributed by atoms with Crippen LogP contribution in [0.2, 0.25) is 0 Å². The molecule has 1 aliphatic carbocycles. The van der Waals surface area contributed by atoms with Gasteiger partial charge < -0.3 is 102 Å². The van der Waals surface area contributed by atoms with Crippen molar-refractivity contribution < 1.29 is 84.7 Å². The van der Waals surface area contributed by atoms with Crippen LogP contribution < -0.4 is 68.1 Å². The Morgan fingerprint density at radius 2 is 1.03 bits per heavy atom. The fraction of sp³-hybridized carbons (Fsp3) is 0.375. The van der Waals surface area contributed by atoms with Gasteiger partial charge in [0.25, 0.3) is 0 Å². The van der Waals surface area contributed by atoms with Crippen LogP contribution in [0, 0.1) is 59.1 Å². The summed E-state index contributed by atoms with van der Waals surface area (Å²) >= 11 is 2.85. The number of pyridine rings is 5. The number of carboxylic acid groups (broad SMARTS) is 5. The van der Waals surface area contributed by atoms with Crippen molar-refractivity contribution in [3.8, 4) is 11.8 Å². The maximum Gasteiger partial charge on any atom is 0.519 e. The van der Waals surface area contributed by atoms with E-state index < -0.39 is 109 Å². The van der Waals surface area contributed by atoms with E-state index in [1.165, 1.54) is 89.3 Å². The van der Waals surface area contributed by atoms with Crippen molar-refractivity contribution in [3.05, 3.63) is 239 Å². The summed E-state index contributed by atoms with van der Waals surface area (Å²) in [5, 5.41) is 63.9. The third-order valence-corrected chi connectivity index (χ3v) is 29.0. The fourth-order valence-corrected chi connectivity index (χ4v) is 21.7. The van der Waals surface area contributed by atoms with E-state index in [2.05, 4.69) is 31.4 Å². The SMILES string of the molecule is CCn1cc(C(=O)O)c(=O)c2cc(F)c(N3CCN(C)CC3)cc21.CN1CCN(c2c(F)cc3c(=O)c(C(=O)O)cn4c3c2SCC4)CC1.Cc1oc(=O)oc1CN1CCN(c2cc3c(cc2F)c(=O)c(C(=O)O)c2n3C(C)S2)CC1.N#Cc1c(N2C[C@@H]3CCCN[C@@H]3C2)c(F)cc2c(=O)c(C(=O)O)cn(C3CC3)c12.O=C(O)c1cn(-c2ccc(F)cc2)c2cc(N3CCNCC3)c(F)cc2c1=O. The Hall–Kier alpha value is -13.7. The van der Waals surface area contributed by atoms with Crippen molar-refractivity contribution >= 4 is 136 Å². The first-order chi connectivity index (χ1) is 66.1. The molecule has 3 atom stereocenters. The highest BCUT2D eigenvalue weighted by atomic mass is 32.2. The number of piperidine rings is 1. The molecule has 0 spiro atoms. The first kappa shape index (κ1) is 96.0. The number of thioether (sulfide) groups is 2. The van der Waals surface area contributed by atoms with E-state index >= 15 is 8.78 Å². The van der Waals surface area contributed by atoms with Crippen molar-refractivity contribution in [2.45, 2.75) is 93.5 Å². The van der Waals surface area contributed by atoms with E-state index in [4.69, 9.17) is 8.83 Å². The summed E-state index contributed by atoms with van der Waals surface area (Å²) < 4.78 is 106. The molecule has 34 nitrogen and oxygen atoms in total. The number of piperazine rings is 4. The van der Waals surface area contributed by atoms with Gasteiger partial charge in [-0.25, -0.2) is 55.1 Å². The number of fused-ring (bicyclic) bond motifs is 7. The second kappa shape index (κ2) is 39.4. The Morgan fingerprint density at radius 3 is 1.57 bits per heavy atom. The standard InChI is InChI=1S/C21H21FN4O3.C21H20FN3O6S.C20H17F2N3O3.C17H18FN3O3S.C17H20FN3O3/c22-16-6-13-18(26(12-3-4-12)9-15(20(13)27)21(28)29)14(7-23)19(16)25-8-11-2-1-5-24-17(11)10-25;1-10-16(31-21(29)30-10)9-23-3-5-24(6-4-23)15-8-14-12(7-13(15)22)18(26)17(20(27)28)19-25(14)11(2)32-19;21-12-1-3-13(4-2-12)25-11-15(20(27)28)19(26)14-9-16(22)18(10-17(14)25)24-7-5-23-6-8-24;1-19-2-4-20(5-3-19)14-12(18)8-10-13-16(14)25-7-6-21(13)9-11(15(10)22)17(23)24;1-3-20-10-12(17(23)24)16(22)11-8-13(18)15(9-14(11)20)21-6-4-19(2)5-7-21/h6,9,11-12,17,24H,1-5,8,10H2,(H,28,29);7-8,11H,3-6,9H2,1-2H3,(H,27,28);1-4,9-11,23H,5-8H2,(H,27,28);8-9H,2-7H2,1H3,(H,23,24);8-10H,3-7H2,1-2H3,(H,23,24)/t11-,17+;;;;/m0..../s1. The summed E-state index contributed by atoms with van der Waals surface area (Å²) in [6.07, 6.45) is 9.07. The molecule has 1 unspecified atom stereocenters. The molecule has 6 aromatic heterocycles. The maximum absolute atomic E-state index is 15.2. The van der Waals surface area contributed by atoms with Crippen LogP contribution in [0.5, 0.6) is 0 Å². The summed E-state index contributed by atoms with van der Waals surface area (Å²) in [5.74, 6) is -8.46. The van der Waals surface area contributed by atoms with Crippen LogP contribution >= 0.6 is 23.5 Å². The number of nitrogens with zero attached hydrogens (tertiary/aromatic N) is 14. The number of nitrogens with one attached hydrogen (secondary N) is 2. The van der Waals surface area contributed by atoms with Crippen molar-refractivity contribution in [1.29, 1.82) is 5.26 Å². The molecule has 0 amide bonds. The Balaban J connectivity index is 0.000000120. The Kier molecular flexibility index (Phi) is 27.4. The predicted octanol–water partition coefficient (Wildman–Crippen LogP) is 10.6. The number of aryl methyl sites for hydroxylation is 3. The largest absolute Gasteiger partial charge is 0.519 e. The third kappa shape index (κ3) is 18.7. The minimum absolute atomic E-state index is 0.0319. The lowest BCUT2D eigenvalue weighted by molar-refractivity contribution is 0.0679. The van der Waals surface area contributed by atoms with E-state index in [1.807, 2.05) is 52.4 Å². The molecule has 7 fully saturated rings. The number of rotatable bonds is 15. The van der Waals surface area contributed by atoms with E-state index in [-0.39, 0.29) is 72.3 Å². The summed E-state index contributed by atoms with van der Waals surface area (Å²) in [4.78, 5) is 148. The predicted molar refractivity (Wildman–Crippen MR) is 508 cm³/mol. The molecular weight excluding hydrogens is 1840 g/mol. The van der Waals surface area contributed by atoms with Crippen LogP contribution in [0.3, 0.4) is 0 Å². The van der Waals surface area contributed by atoms with E-state index in [0.29, 0.717) is 182 Å². The first-order valence-electron chi connectivity index (χ1n) is 45.1. The number of hydrogen-bond donors (Lipinski definition) is 7. The maximum atomic E-state index is 15.2.